The number of nitrogens with one attached hydrogen (secondary N) is 1. The first-order valence-corrected chi connectivity index (χ1v) is 10.9. The van der Waals surface area contributed by atoms with Crippen molar-refractivity contribution < 1.29 is 27.4 Å². The van der Waals surface area contributed by atoms with Crippen LogP contribution in [0, 0.1) is 5.92 Å². The third kappa shape index (κ3) is 5.75. The summed E-state index contributed by atoms with van der Waals surface area (Å²) in [5.41, 5.74) is 0.649. The van der Waals surface area contributed by atoms with E-state index in [0.717, 1.165) is 31.3 Å². The summed E-state index contributed by atoms with van der Waals surface area (Å²) in [6, 6.07) is 8.47. The molecule has 1 aromatic carbocycles. The van der Waals surface area contributed by atoms with Crippen LogP contribution >= 0.6 is 0 Å². The Morgan fingerprint density at radius 2 is 1.91 bits per heavy atom. The van der Waals surface area contributed by atoms with E-state index in [0.29, 0.717) is 32.1 Å². The topological polar surface area (TPSA) is 66.9 Å². The monoisotopic (exact) mass is 464 g/mol. The first kappa shape index (κ1) is 23.3. The second-order valence-corrected chi connectivity index (χ2v) is 8.23. The van der Waals surface area contributed by atoms with E-state index in [1.165, 1.54) is 6.20 Å². The van der Waals surface area contributed by atoms with Crippen molar-refractivity contribution in [2.75, 3.05) is 51.3 Å². The summed E-state index contributed by atoms with van der Waals surface area (Å²) >= 11 is 0. The van der Waals surface area contributed by atoms with E-state index in [9.17, 15) is 18.0 Å². The first-order chi connectivity index (χ1) is 15.8. The van der Waals surface area contributed by atoms with Crippen LogP contribution in [0.15, 0.2) is 36.5 Å². The molecule has 0 unspecified atom stereocenters. The Kier molecular flexibility index (Phi) is 7.04. The molecule has 0 atom stereocenters. The SMILES string of the molecule is CNC(=O)C1CN(Cc2ccc(OCc3cc(C(F)(F)F)c(N4CCOCC4)cn3)cc2)C1. The Balaban J connectivity index is 1.34. The quantitative estimate of drug-likeness (QED) is 0.680. The van der Waals surface area contributed by atoms with Gasteiger partial charge in [-0.1, -0.05) is 12.1 Å². The summed E-state index contributed by atoms with van der Waals surface area (Å²) < 4.78 is 51.9. The summed E-state index contributed by atoms with van der Waals surface area (Å²) in [5.74, 6) is 0.662. The maximum absolute atomic E-state index is 13.7. The van der Waals surface area contributed by atoms with Gasteiger partial charge in [0.25, 0.3) is 0 Å². The summed E-state index contributed by atoms with van der Waals surface area (Å²) in [6.45, 7) is 3.71. The maximum Gasteiger partial charge on any atom is 0.418 e. The molecule has 0 saturated carbocycles. The van der Waals surface area contributed by atoms with Gasteiger partial charge < -0.3 is 19.7 Å². The molecule has 1 N–H and O–H groups in total. The van der Waals surface area contributed by atoms with Crippen molar-refractivity contribution in [1.29, 1.82) is 0 Å². The Bertz CT molecular complexity index is 956. The zero-order chi connectivity index (χ0) is 23.4. The minimum Gasteiger partial charge on any atom is -0.487 e. The van der Waals surface area contributed by atoms with Gasteiger partial charge in [0.05, 0.1) is 42.3 Å². The van der Waals surface area contributed by atoms with Crippen LogP contribution in [0.5, 0.6) is 5.75 Å². The van der Waals surface area contributed by atoms with Gasteiger partial charge in [-0.25, -0.2) is 0 Å². The number of benzene rings is 1. The molecule has 4 rings (SSSR count). The van der Waals surface area contributed by atoms with Gasteiger partial charge >= 0.3 is 6.18 Å². The number of carbonyl (C=O) groups excluding carboxylic acids is 1. The van der Waals surface area contributed by atoms with Crippen LogP contribution in [0.4, 0.5) is 18.9 Å². The van der Waals surface area contributed by atoms with Gasteiger partial charge in [-0.2, -0.15) is 13.2 Å². The zero-order valence-corrected chi connectivity index (χ0v) is 18.4. The number of hydrogen-bond donors (Lipinski definition) is 1. The number of pyridine rings is 1. The summed E-state index contributed by atoms with van der Waals surface area (Å²) in [4.78, 5) is 19.6. The molecule has 0 bridgehead atoms. The third-order valence-corrected chi connectivity index (χ3v) is 5.89. The molecule has 0 spiro atoms. The molecule has 2 fully saturated rings. The van der Waals surface area contributed by atoms with E-state index < -0.39 is 11.7 Å². The van der Waals surface area contributed by atoms with Crippen LogP contribution in [0.25, 0.3) is 0 Å². The Labute approximate surface area is 190 Å². The van der Waals surface area contributed by atoms with E-state index in [1.807, 2.05) is 12.1 Å². The van der Waals surface area contributed by atoms with E-state index in [1.54, 1.807) is 24.1 Å². The van der Waals surface area contributed by atoms with Crippen LogP contribution in [0.3, 0.4) is 0 Å². The third-order valence-electron chi connectivity index (χ3n) is 5.89. The lowest BCUT2D eigenvalue weighted by Crippen LogP contribution is -2.52. The highest BCUT2D eigenvalue weighted by atomic mass is 19.4. The van der Waals surface area contributed by atoms with E-state index in [4.69, 9.17) is 9.47 Å². The number of nitrogens with zero attached hydrogens (tertiary/aromatic N) is 3. The van der Waals surface area contributed by atoms with Crippen molar-refractivity contribution in [2.24, 2.45) is 5.92 Å². The first-order valence-electron chi connectivity index (χ1n) is 10.9. The lowest BCUT2D eigenvalue weighted by Gasteiger charge is -2.38. The van der Waals surface area contributed by atoms with Crippen molar-refractivity contribution in [3.8, 4) is 5.75 Å². The molecular formula is C23H27F3N4O3. The molecule has 10 heteroatoms. The number of rotatable bonds is 7. The minimum absolute atomic E-state index is 0.0429. The number of anilines is 1. The number of alkyl halides is 3. The highest BCUT2D eigenvalue weighted by Gasteiger charge is 2.36. The normalized spacial score (nSPS) is 17.5. The molecule has 0 aliphatic carbocycles. The second-order valence-electron chi connectivity index (χ2n) is 8.23. The number of carbonyl (C=O) groups is 1. The minimum atomic E-state index is -4.49. The number of aromatic nitrogens is 1. The molecule has 1 amide bonds. The van der Waals surface area contributed by atoms with Crippen molar-refractivity contribution >= 4 is 11.6 Å². The van der Waals surface area contributed by atoms with Crippen LogP contribution in [-0.4, -0.2) is 62.2 Å². The zero-order valence-electron chi connectivity index (χ0n) is 18.4. The molecule has 2 saturated heterocycles. The van der Waals surface area contributed by atoms with Gasteiger partial charge in [0.2, 0.25) is 5.91 Å². The van der Waals surface area contributed by atoms with Gasteiger partial charge in [0, 0.05) is 39.8 Å². The van der Waals surface area contributed by atoms with E-state index in [-0.39, 0.29) is 29.8 Å². The van der Waals surface area contributed by atoms with Crippen LogP contribution in [0.2, 0.25) is 0 Å². The Hall–Kier alpha value is -2.85. The number of likely N-dealkylation sites (tertiary alicyclic amines) is 1. The molecule has 1 aromatic heterocycles. The number of morpholine rings is 1. The fourth-order valence-electron chi connectivity index (χ4n) is 4.03. The number of amides is 1. The van der Waals surface area contributed by atoms with Gasteiger partial charge in [-0.3, -0.25) is 14.7 Å². The van der Waals surface area contributed by atoms with Gasteiger partial charge in [0.1, 0.15) is 12.4 Å². The van der Waals surface area contributed by atoms with Crippen LogP contribution < -0.4 is 15.0 Å². The maximum atomic E-state index is 13.7. The molecule has 2 aliphatic rings. The molecule has 178 valence electrons. The molecule has 3 heterocycles. The fourth-order valence-corrected chi connectivity index (χ4v) is 4.03. The van der Waals surface area contributed by atoms with E-state index >= 15 is 0 Å². The second kappa shape index (κ2) is 9.96. The number of ether oxygens (including phenoxy) is 2. The van der Waals surface area contributed by atoms with Crippen LogP contribution in [0.1, 0.15) is 16.8 Å². The number of halogens is 3. The average Bonchev–Trinajstić information content (AvgIpc) is 2.80. The molecule has 2 aliphatic heterocycles. The average molecular weight is 464 g/mol. The fraction of sp³-hybridized carbons (Fsp3) is 0.478. The molecule has 7 nitrogen and oxygen atoms in total. The summed E-state index contributed by atoms with van der Waals surface area (Å²) in [5, 5.41) is 2.66. The summed E-state index contributed by atoms with van der Waals surface area (Å²) in [6.07, 6.45) is -3.21. The summed E-state index contributed by atoms with van der Waals surface area (Å²) in [7, 11) is 1.64. The Morgan fingerprint density at radius 1 is 1.21 bits per heavy atom. The standard InChI is InChI=1S/C23H27F3N4O3/c1-27-22(31)17-13-29(14-17)12-16-2-4-19(5-3-16)33-15-18-10-20(23(24,25)26)21(11-28-18)30-6-8-32-9-7-30/h2-5,10-11,17H,6-9,12-15H2,1H3,(H,27,31). The van der Waals surface area contributed by atoms with Crippen molar-refractivity contribution in [3.63, 3.8) is 0 Å². The van der Waals surface area contributed by atoms with Crippen molar-refractivity contribution in [2.45, 2.75) is 19.3 Å². The van der Waals surface area contributed by atoms with Crippen molar-refractivity contribution in [1.82, 2.24) is 15.2 Å². The highest BCUT2D eigenvalue weighted by molar-refractivity contribution is 5.79. The number of hydrogen-bond acceptors (Lipinski definition) is 6. The lowest BCUT2D eigenvalue weighted by atomic mass is 9.98. The van der Waals surface area contributed by atoms with Gasteiger partial charge in [0.15, 0.2) is 0 Å². The van der Waals surface area contributed by atoms with Gasteiger partial charge in [-0.05, 0) is 23.8 Å². The van der Waals surface area contributed by atoms with E-state index in [2.05, 4.69) is 15.2 Å². The molecule has 2 aromatic rings. The van der Waals surface area contributed by atoms with Gasteiger partial charge in [-0.15, -0.1) is 0 Å². The highest BCUT2D eigenvalue weighted by Crippen LogP contribution is 2.37. The molecule has 33 heavy (non-hydrogen) atoms. The lowest BCUT2D eigenvalue weighted by molar-refractivity contribution is -0.137. The molecule has 0 radical (unpaired) electrons. The molecular weight excluding hydrogens is 437 g/mol. The smallest absolute Gasteiger partial charge is 0.418 e. The predicted octanol–water partition coefficient (Wildman–Crippen LogP) is 2.69. The van der Waals surface area contributed by atoms with Crippen LogP contribution in [-0.2, 0) is 28.9 Å². The predicted molar refractivity (Wildman–Crippen MR) is 116 cm³/mol. The largest absolute Gasteiger partial charge is 0.487 e. The van der Waals surface area contributed by atoms with Crippen molar-refractivity contribution in [3.05, 3.63) is 53.3 Å². The Morgan fingerprint density at radius 3 is 2.55 bits per heavy atom.